The van der Waals surface area contributed by atoms with Crippen molar-refractivity contribution in [2.45, 2.75) is 20.3 Å². The van der Waals surface area contributed by atoms with Crippen LogP contribution >= 0.6 is 0 Å². The van der Waals surface area contributed by atoms with Gasteiger partial charge in [-0.25, -0.2) is 9.59 Å². The lowest BCUT2D eigenvalue weighted by Gasteiger charge is -2.20. The van der Waals surface area contributed by atoms with Crippen molar-refractivity contribution in [1.82, 2.24) is 0 Å². The Morgan fingerprint density at radius 1 is 1.00 bits per heavy atom. The quantitative estimate of drug-likeness (QED) is 0.741. The molecular weight excluding hydrogens is 400 g/mol. The second kappa shape index (κ2) is 8.99. The Morgan fingerprint density at radius 2 is 1.61 bits per heavy atom. The van der Waals surface area contributed by atoms with E-state index < -0.39 is 17.9 Å². The van der Waals surface area contributed by atoms with Gasteiger partial charge < -0.3 is 19.7 Å². The van der Waals surface area contributed by atoms with Crippen molar-refractivity contribution in [1.29, 1.82) is 0 Å². The average Bonchev–Trinajstić information content (AvgIpc) is 3.15. The smallest absolute Gasteiger partial charge is 0.337 e. The number of benzene rings is 2. The molecule has 1 atom stereocenters. The summed E-state index contributed by atoms with van der Waals surface area (Å²) in [7, 11) is 2.44. The fraction of sp³-hybridized carbons (Fsp3) is 0.304. The van der Waals surface area contributed by atoms with Crippen molar-refractivity contribution in [3.63, 3.8) is 0 Å². The Morgan fingerprint density at radius 3 is 2.19 bits per heavy atom. The summed E-state index contributed by atoms with van der Waals surface area (Å²) in [6.07, 6.45) is 0.0692. The van der Waals surface area contributed by atoms with E-state index in [1.807, 2.05) is 32.0 Å². The molecule has 1 unspecified atom stereocenters. The molecule has 1 aliphatic heterocycles. The topological polar surface area (TPSA) is 102 Å². The molecule has 8 nitrogen and oxygen atoms in total. The summed E-state index contributed by atoms with van der Waals surface area (Å²) >= 11 is 0. The lowest BCUT2D eigenvalue weighted by atomic mass is 10.1. The van der Waals surface area contributed by atoms with Crippen LogP contribution in [0.15, 0.2) is 36.4 Å². The minimum Gasteiger partial charge on any atom is -0.465 e. The van der Waals surface area contributed by atoms with Crippen LogP contribution in [-0.4, -0.2) is 44.5 Å². The van der Waals surface area contributed by atoms with Crippen molar-refractivity contribution >= 4 is 35.1 Å². The number of aryl methyl sites for hydroxylation is 1. The number of esters is 2. The van der Waals surface area contributed by atoms with Crippen LogP contribution in [0, 0.1) is 19.8 Å². The first-order valence-electron chi connectivity index (χ1n) is 9.74. The highest BCUT2D eigenvalue weighted by molar-refractivity contribution is 6.05. The molecule has 162 valence electrons. The van der Waals surface area contributed by atoms with Crippen LogP contribution in [0.2, 0.25) is 0 Å². The fourth-order valence-corrected chi connectivity index (χ4v) is 3.56. The van der Waals surface area contributed by atoms with Crippen molar-refractivity contribution in [2.24, 2.45) is 5.92 Å². The number of ether oxygens (including phenoxy) is 2. The van der Waals surface area contributed by atoms with Gasteiger partial charge in [-0.15, -0.1) is 0 Å². The maximum atomic E-state index is 12.9. The Balaban J connectivity index is 1.81. The summed E-state index contributed by atoms with van der Waals surface area (Å²) in [5, 5.41) is 2.71. The molecule has 2 aromatic rings. The van der Waals surface area contributed by atoms with Crippen molar-refractivity contribution in [2.75, 3.05) is 31.0 Å². The fourth-order valence-electron chi connectivity index (χ4n) is 3.56. The molecule has 2 aromatic carbocycles. The molecule has 1 heterocycles. The number of methoxy groups -OCH3 is 2. The summed E-state index contributed by atoms with van der Waals surface area (Å²) in [5.41, 5.74) is 3.28. The number of carbonyl (C=O) groups is 4. The summed E-state index contributed by atoms with van der Waals surface area (Å²) in [4.78, 5) is 51.0. The van der Waals surface area contributed by atoms with Crippen LogP contribution in [0.25, 0.3) is 0 Å². The summed E-state index contributed by atoms with van der Waals surface area (Å²) in [6.45, 7) is 4.16. The predicted molar refractivity (Wildman–Crippen MR) is 114 cm³/mol. The zero-order chi connectivity index (χ0) is 22.7. The SMILES string of the molecule is COC(=O)c1cc(NC(=O)C2CC(=O)N(c3cccc(C)c3C)C2)cc(C(=O)OC)c1. The van der Waals surface area contributed by atoms with Gasteiger partial charge in [0.25, 0.3) is 0 Å². The number of carbonyl (C=O) groups excluding carboxylic acids is 4. The molecule has 0 saturated carbocycles. The number of nitrogens with one attached hydrogen (secondary N) is 1. The van der Waals surface area contributed by atoms with Crippen LogP contribution in [0.5, 0.6) is 0 Å². The largest absolute Gasteiger partial charge is 0.465 e. The standard InChI is InChI=1S/C23H24N2O6/c1-13-6-5-7-19(14(13)2)25-12-17(11-20(25)26)21(27)24-18-9-15(22(28)30-3)8-16(10-18)23(29)31-4/h5-10,17H,11-12H2,1-4H3,(H,24,27). The molecule has 31 heavy (non-hydrogen) atoms. The number of rotatable bonds is 5. The van der Waals surface area contributed by atoms with Gasteiger partial charge in [-0.2, -0.15) is 0 Å². The number of nitrogens with zero attached hydrogens (tertiary/aromatic N) is 1. The predicted octanol–water partition coefficient (Wildman–Crippen LogP) is 2.87. The second-order valence-corrected chi connectivity index (χ2v) is 7.40. The Kier molecular flexibility index (Phi) is 6.39. The maximum absolute atomic E-state index is 12.9. The molecule has 1 aliphatic rings. The molecule has 0 aromatic heterocycles. The lowest BCUT2D eigenvalue weighted by molar-refractivity contribution is -0.122. The zero-order valence-electron chi connectivity index (χ0n) is 17.9. The molecule has 1 fully saturated rings. The van der Waals surface area contributed by atoms with Crippen LogP contribution in [0.1, 0.15) is 38.3 Å². The van der Waals surface area contributed by atoms with Gasteiger partial charge in [0.15, 0.2) is 0 Å². The Hall–Kier alpha value is -3.68. The van der Waals surface area contributed by atoms with Gasteiger partial charge >= 0.3 is 11.9 Å². The minimum atomic E-state index is -0.654. The number of anilines is 2. The van der Waals surface area contributed by atoms with Crippen LogP contribution in [0.4, 0.5) is 11.4 Å². The van der Waals surface area contributed by atoms with E-state index >= 15 is 0 Å². The molecule has 1 saturated heterocycles. The second-order valence-electron chi connectivity index (χ2n) is 7.40. The molecule has 0 bridgehead atoms. The average molecular weight is 424 g/mol. The zero-order valence-corrected chi connectivity index (χ0v) is 17.9. The van der Waals surface area contributed by atoms with Crippen LogP contribution in [0.3, 0.4) is 0 Å². The van der Waals surface area contributed by atoms with E-state index in [9.17, 15) is 19.2 Å². The first-order valence-corrected chi connectivity index (χ1v) is 9.74. The summed E-state index contributed by atoms with van der Waals surface area (Å²) < 4.78 is 9.41. The van der Waals surface area contributed by atoms with Gasteiger partial charge in [-0.1, -0.05) is 12.1 Å². The minimum absolute atomic E-state index is 0.0692. The highest BCUT2D eigenvalue weighted by atomic mass is 16.5. The van der Waals surface area contributed by atoms with Gasteiger partial charge in [0.1, 0.15) is 0 Å². The van der Waals surface area contributed by atoms with E-state index in [4.69, 9.17) is 9.47 Å². The monoisotopic (exact) mass is 424 g/mol. The van der Waals surface area contributed by atoms with E-state index in [0.29, 0.717) is 0 Å². The molecule has 3 rings (SSSR count). The van der Waals surface area contributed by atoms with Gasteiger partial charge in [0.2, 0.25) is 11.8 Å². The third-order valence-electron chi connectivity index (χ3n) is 5.41. The number of hydrogen-bond donors (Lipinski definition) is 1. The normalized spacial score (nSPS) is 15.5. The summed E-state index contributed by atoms with van der Waals surface area (Å²) in [6, 6.07) is 9.87. The van der Waals surface area contributed by atoms with Gasteiger partial charge in [0, 0.05) is 24.3 Å². The Bertz CT molecular complexity index is 1030. The highest BCUT2D eigenvalue weighted by Gasteiger charge is 2.36. The van der Waals surface area contributed by atoms with E-state index in [0.717, 1.165) is 16.8 Å². The third kappa shape index (κ3) is 4.58. The van der Waals surface area contributed by atoms with Gasteiger partial charge in [0.05, 0.1) is 31.3 Å². The first-order chi connectivity index (χ1) is 14.7. The van der Waals surface area contributed by atoms with E-state index in [2.05, 4.69) is 5.32 Å². The number of hydrogen-bond acceptors (Lipinski definition) is 6. The summed E-state index contributed by atoms with van der Waals surface area (Å²) in [5.74, 6) is -2.39. The van der Waals surface area contributed by atoms with Gasteiger partial charge in [-0.05, 0) is 49.2 Å². The lowest BCUT2D eigenvalue weighted by Crippen LogP contribution is -2.28. The van der Waals surface area contributed by atoms with Crippen molar-refractivity contribution in [3.05, 3.63) is 58.7 Å². The van der Waals surface area contributed by atoms with Crippen LogP contribution in [-0.2, 0) is 19.1 Å². The molecule has 0 aliphatic carbocycles. The number of amides is 2. The highest BCUT2D eigenvalue weighted by Crippen LogP contribution is 2.30. The molecule has 8 heteroatoms. The first kappa shape index (κ1) is 22.0. The molecular formula is C23H24N2O6. The van der Waals surface area contributed by atoms with E-state index in [1.54, 1.807) is 4.90 Å². The van der Waals surface area contributed by atoms with E-state index in [1.165, 1.54) is 32.4 Å². The van der Waals surface area contributed by atoms with Gasteiger partial charge in [-0.3, -0.25) is 9.59 Å². The van der Waals surface area contributed by atoms with Crippen molar-refractivity contribution < 1.29 is 28.7 Å². The third-order valence-corrected chi connectivity index (χ3v) is 5.41. The Labute approximate surface area is 180 Å². The van der Waals surface area contributed by atoms with Crippen molar-refractivity contribution in [3.8, 4) is 0 Å². The molecule has 2 amide bonds. The molecule has 0 radical (unpaired) electrons. The van der Waals surface area contributed by atoms with E-state index in [-0.39, 0.29) is 41.6 Å². The molecule has 1 N–H and O–H groups in total. The molecule has 0 spiro atoms. The maximum Gasteiger partial charge on any atom is 0.337 e. The van der Waals surface area contributed by atoms with Crippen LogP contribution < -0.4 is 10.2 Å².